The number of primary sulfonamides is 1. The quantitative estimate of drug-likeness (QED) is 0.254. The number of benzene rings is 2. The third-order valence-electron chi connectivity index (χ3n) is 5.10. The average molecular weight is 507 g/mol. The molecule has 0 amide bonds. The monoisotopic (exact) mass is 506 g/mol. The lowest BCUT2D eigenvalue weighted by Gasteiger charge is -2.14. The van der Waals surface area contributed by atoms with Crippen LogP contribution >= 0.6 is 11.3 Å². The molecule has 178 valence electrons. The van der Waals surface area contributed by atoms with Crippen LogP contribution in [0.4, 0.5) is 0 Å². The maximum Gasteiger partial charge on any atom is 0.238 e. The summed E-state index contributed by atoms with van der Waals surface area (Å²) in [6, 6.07) is 18.7. The minimum absolute atomic E-state index is 0.0565. The Hall–Kier alpha value is -3.79. The third-order valence-corrected chi connectivity index (χ3v) is 6.93. The second kappa shape index (κ2) is 10.6. The number of rotatable bonds is 9. The van der Waals surface area contributed by atoms with Crippen molar-refractivity contribution < 1.29 is 22.7 Å². The van der Waals surface area contributed by atoms with Crippen LogP contribution in [0.3, 0.4) is 0 Å². The number of ketones is 1. The highest BCUT2D eigenvalue weighted by Gasteiger charge is 2.14. The van der Waals surface area contributed by atoms with Crippen LogP contribution in [0, 0.1) is 0 Å². The fraction of sp³-hybridized carbons (Fsp3) is 0.0769. The van der Waals surface area contributed by atoms with Crippen LogP contribution < -0.4 is 14.6 Å². The van der Waals surface area contributed by atoms with Gasteiger partial charge in [-0.25, -0.2) is 13.6 Å². The number of hydrogen-bond donors (Lipinski definition) is 1. The number of carbonyl (C=O) groups is 1. The second-order valence-electron chi connectivity index (χ2n) is 7.44. The summed E-state index contributed by atoms with van der Waals surface area (Å²) < 4.78 is 34.6. The number of hydrogen-bond acceptors (Lipinski definition) is 7. The highest BCUT2D eigenvalue weighted by molar-refractivity contribution is 7.89. The summed E-state index contributed by atoms with van der Waals surface area (Å²) in [5.41, 5.74) is 2.64. The van der Waals surface area contributed by atoms with Gasteiger partial charge < -0.3 is 9.47 Å². The molecule has 7 nitrogen and oxygen atoms in total. The van der Waals surface area contributed by atoms with Gasteiger partial charge in [-0.15, -0.1) is 11.3 Å². The van der Waals surface area contributed by atoms with Crippen molar-refractivity contribution in [2.45, 2.75) is 11.5 Å². The number of thiophene rings is 1. The average Bonchev–Trinajstić information content (AvgIpc) is 3.41. The van der Waals surface area contributed by atoms with Crippen molar-refractivity contribution in [3.63, 3.8) is 0 Å². The smallest absolute Gasteiger partial charge is 0.238 e. The Kier molecular flexibility index (Phi) is 7.40. The zero-order valence-corrected chi connectivity index (χ0v) is 20.4. The fourth-order valence-electron chi connectivity index (χ4n) is 3.33. The lowest BCUT2D eigenvalue weighted by Crippen LogP contribution is -2.12. The molecule has 4 rings (SSSR count). The van der Waals surface area contributed by atoms with Gasteiger partial charge >= 0.3 is 0 Å². The normalized spacial score (nSPS) is 11.5. The van der Waals surface area contributed by atoms with Gasteiger partial charge in [-0.2, -0.15) is 0 Å². The van der Waals surface area contributed by atoms with Gasteiger partial charge in [0.2, 0.25) is 10.0 Å². The first-order valence-corrected chi connectivity index (χ1v) is 12.9. The molecule has 0 aliphatic heterocycles. The molecule has 0 spiro atoms. The van der Waals surface area contributed by atoms with E-state index in [0.29, 0.717) is 22.6 Å². The molecule has 0 saturated carbocycles. The van der Waals surface area contributed by atoms with Gasteiger partial charge in [-0.05, 0) is 66.1 Å². The van der Waals surface area contributed by atoms with Crippen molar-refractivity contribution in [2.24, 2.45) is 5.14 Å². The van der Waals surface area contributed by atoms with Gasteiger partial charge in [0.1, 0.15) is 18.1 Å². The van der Waals surface area contributed by atoms with E-state index in [-0.39, 0.29) is 17.3 Å². The van der Waals surface area contributed by atoms with E-state index in [1.54, 1.807) is 36.8 Å². The molecule has 0 bridgehead atoms. The Morgan fingerprint density at radius 3 is 2.49 bits per heavy atom. The third kappa shape index (κ3) is 6.02. The molecule has 4 aromatic rings. The number of nitrogens with zero attached hydrogens (tertiary/aromatic N) is 1. The number of allylic oxidation sites excluding steroid dienone is 1. The number of methoxy groups -OCH3 is 1. The predicted octanol–water partition coefficient (Wildman–Crippen LogP) is 4.94. The van der Waals surface area contributed by atoms with E-state index in [1.807, 2.05) is 41.8 Å². The SMILES string of the molecule is COc1cc(OCc2ccccn2)c(/C=C/C(=O)c2ccc(S(N)(=O)=O)cc2)cc1-c1cccs1. The number of aromatic nitrogens is 1. The molecule has 0 aliphatic carbocycles. The van der Waals surface area contributed by atoms with Crippen LogP contribution in [0.25, 0.3) is 16.5 Å². The van der Waals surface area contributed by atoms with E-state index in [9.17, 15) is 13.2 Å². The molecule has 2 heterocycles. The highest BCUT2D eigenvalue weighted by atomic mass is 32.2. The zero-order valence-electron chi connectivity index (χ0n) is 18.7. The molecule has 0 atom stereocenters. The molecule has 2 aromatic heterocycles. The molecule has 9 heteroatoms. The van der Waals surface area contributed by atoms with Crippen LogP contribution in [0.1, 0.15) is 21.6 Å². The molecular formula is C26H22N2O5S2. The fourth-order valence-corrected chi connectivity index (χ4v) is 4.59. The molecule has 35 heavy (non-hydrogen) atoms. The Morgan fingerprint density at radius 2 is 1.86 bits per heavy atom. The minimum atomic E-state index is -3.83. The molecule has 0 saturated heterocycles. The summed E-state index contributed by atoms with van der Waals surface area (Å²) in [7, 11) is -2.23. The van der Waals surface area contributed by atoms with Crippen LogP contribution in [0.15, 0.2) is 89.3 Å². The number of sulfonamides is 1. The Bertz CT molecular complexity index is 1450. The number of carbonyl (C=O) groups excluding carboxylic acids is 1. The van der Waals surface area contributed by atoms with Crippen molar-refractivity contribution in [3.05, 3.63) is 101 Å². The maximum absolute atomic E-state index is 12.8. The summed E-state index contributed by atoms with van der Waals surface area (Å²) in [6.07, 6.45) is 4.78. The van der Waals surface area contributed by atoms with Gasteiger partial charge in [0.25, 0.3) is 0 Å². The molecule has 2 N–H and O–H groups in total. The van der Waals surface area contributed by atoms with Crippen molar-refractivity contribution in [3.8, 4) is 21.9 Å². The van der Waals surface area contributed by atoms with Crippen molar-refractivity contribution in [1.82, 2.24) is 4.98 Å². The summed E-state index contributed by atoms with van der Waals surface area (Å²) in [6.45, 7) is 0.242. The van der Waals surface area contributed by atoms with E-state index < -0.39 is 10.0 Å². The second-order valence-corrected chi connectivity index (χ2v) is 9.95. The van der Waals surface area contributed by atoms with E-state index in [1.165, 1.54) is 30.3 Å². The van der Waals surface area contributed by atoms with Crippen molar-refractivity contribution in [2.75, 3.05) is 7.11 Å². The van der Waals surface area contributed by atoms with Crippen LogP contribution in [0.5, 0.6) is 11.5 Å². The number of pyridine rings is 1. The van der Waals surface area contributed by atoms with Crippen LogP contribution in [0.2, 0.25) is 0 Å². The molecule has 0 fully saturated rings. The summed E-state index contributed by atoms with van der Waals surface area (Å²) in [5.74, 6) is 0.877. The predicted molar refractivity (Wildman–Crippen MR) is 136 cm³/mol. The lowest BCUT2D eigenvalue weighted by molar-refractivity contribution is 0.104. The maximum atomic E-state index is 12.8. The van der Waals surface area contributed by atoms with Gasteiger partial charge in [0, 0.05) is 33.8 Å². The molecular weight excluding hydrogens is 484 g/mol. The topological polar surface area (TPSA) is 109 Å². The van der Waals surface area contributed by atoms with Gasteiger partial charge in [-0.1, -0.05) is 12.1 Å². The first-order valence-electron chi connectivity index (χ1n) is 10.5. The van der Waals surface area contributed by atoms with E-state index in [0.717, 1.165) is 16.1 Å². The Morgan fingerprint density at radius 1 is 1.06 bits per heavy atom. The Labute approximate surface area is 207 Å². The summed E-state index contributed by atoms with van der Waals surface area (Å²) in [5, 5.41) is 7.10. The van der Waals surface area contributed by atoms with Crippen LogP contribution in [-0.4, -0.2) is 26.3 Å². The molecule has 2 aromatic carbocycles. The summed E-state index contributed by atoms with van der Waals surface area (Å²) >= 11 is 1.57. The van der Waals surface area contributed by atoms with E-state index in [2.05, 4.69) is 4.98 Å². The highest BCUT2D eigenvalue weighted by Crippen LogP contribution is 2.39. The van der Waals surface area contributed by atoms with Crippen LogP contribution in [-0.2, 0) is 16.6 Å². The molecule has 0 unspecified atom stereocenters. The summed E-state index contributed by atoms with van der Waals surface area (Å²) in [4.78, 5) is 18.0. The first kappa shape index (κ1) is 24.3. The van der Waals surface area contributed by atoms with Crippen molar-refractivity contribution in [1.29, 1.82) is 0 Å². The van der Waals surface area contributed by atoms with Gasteiger partial charge in [-0.3, -0.25) is 9.78 Å². The molecule has 0 radical (unpaired) electrons. The van der Waals surface area contributed by atoms with Gasteiger partial charge in [0.05, 0.1) is 17.7 Å². The standard InChI is InChI=1S/C26H22N2O5S2/c1-32-25-16-24(33-17-20-5-2-3-13-28-20)19(15-22(25)26-6-4-14-34-26)9-12-23(29)18-7-10-21(11-8-18)35(27,30)31/h2-16H,17H2,1H3,(H2,27,30,31)/b12-9+. The number of nitrogens with two attached hydrogens (primary N) is 1. The van der Waals surface area contributed by atoms with Crippen molar-refractivity contribution >= 4 is 33.2 Å². The van der Waals surface area contributed by atoms with E-state index in [4.69, 9.17) is 14.6 Å². The largest absolute Gasteiger partial charge is 0.496 e. The number of ether oxygens (including phenoxy) is 2. The molecule has 0 aliphatic rings. The van der Waals surface area contributed by atoms with Gasteiger partial charge in [0.15, 0.2) is 5.78 Å². The van der Waals surface area contributed by atoms with E-state index >= 15 is 0 Å². The first-order chi connectivity index (χ1) is 16.8. The zero-order chi connectivity index (χ0) is 24.8. The Balaban J connectivity index is 1.67. The minimum Gasteiger partial charge on any atom is -0.496 e. The lowest BCUT2D eigenvalue weighted by atomic mass is 10.0.